The summed E-state index contributed by atoms with van der Waals surface area (Å²) in [5.41, 5.74) is 2.18. The highest BCUT2D eigenvalue weighted by Gasteiger charge is 2.32. The number of pyridine rings is 1. The zero-order valence-corrected chi connectivity index (χ0v) is 16.2. The van der Waals surface area contributed by atoms with Crippen LogP contribution in [0.2, 0.25) is 5.02 Å². The van der Waals surface area contributed by atoms with Gasteiger partial charge in [0.05, 0.1) is 10.7 Å². The summed E-state index contributed by atoms with van der Waals surface area (Å²) < 4.78 is 37.9. The summed E-state index contributed by atoms with van der Waals surface area (Å²) in [7, 11) is 0. The highest BCUT2D eigenvalue weighted by atomic mass is 35.5. The van der Waals surface area contributed by atoms with E-state index >= 15 is 0 Å². The lowest BCUT2D eigenvalue weighted by Gasteiger charge is -2.37. The largest absolute Gasteiger partial charge is 0.433 e. The van der Waals surface area contributed by atoms with Crippen LogP contribution in [-0.2, 0) is 6.18 Å². The molecule has 2 aromatic rings. The number of rotatable bonds is 4. The fourth-order valence-electron chi connectivity index (χ4n) is 3.40. The summed E-state index contributed by atoms with van der Waals surface area (Å²) in [6.07, 6.45) is -3.05. The van der Waals surface area contributed by atoms with Crippen LogP contribution in [-0.4, -0.2) is 42.6 Å². The first-order valence-corrected chi connectivity index (χ1v) is 9.38. The molecule has 1 fully saturated rings. The van der Waals surface area contributed by atoms with E-state index in [4.69, 9.17) is 11.6 Å². The Kier molecular flexibility index (Phi) is 5.96. The first kappa shape index (κ1) is 20.0. The van der Waals surface area contributed by atoms with Gasteiger partial charge in [-0.05, 0) is 42.2 Å². The lowest BCUT2D eigenvalue weighted by atomic mass is 10.0. The van der Waals surface area contributed by atoms with E-state index in [2.05, 4.69) is 26.9 Å². The summed E-state index contributed by atoms with van der Waals surface area (Å²) in [6.45, 7) is 8.37. The molecule has 146 valence electrons. The lowest BCUT2D eigenvalue weighted by molar-refractivity contribution is -0.141. The van der Waals surface area contributed by atoms with Gasteiger partial charge < -0.3 is 4.90 Å². The van der Waals surface area contributed by atoms with Crippen molar-refractivity contribution < 1.29 is 13.2 Å². The number of alkyl halides is 3. The number of aromatic nitrogens is 1. The number of hydrogen-bond acceptors (Lipinski definition) is 3. The molecule has 1 aliphatic rings. The average Bonchev–Trinajstić information content (AvgIpc) is 2.62. The SMILES string of the molecule is Cc1ccc(N2CCN(CC(C)c3ccc(C(F)(F)F)nc3)CC2)c(Cl)c1. The molecule has 0 saturated carbocycles. The van der Waals surface area contributed by atoms with E-state index in [-0.39, 0.29) is 5.92 Å². The van der Waals surface area contributed by atoms with Crippen LogP contribution in [0.4, 0.5) is 18.9 Å². The van der Waals surface area contributed by atoms with Gasteiger partial charge in [-0.2, -0.15) is 13.2 Å². The fraction of sp³-hybridized carbons (Fsp3) is 0.450. The number of hydrogen-bond donors (Lipinski definition) is 0. The van der Waals surface area contributed by atoms with Crippen molar-refractivity contribution in [1.82, 2.24) is 9.88 Å². The molecule has 0 aliphatic carbocycles. The Hall–Kier alpha value is -1.79. The van der Waals surface area contributed by atoms with Crippen molar-refractivity contribution in [3.8, 4) is 0 Å². The number of piperazine rings is 1. The topological polar surface area (TPSA) is 19.4 Å². The Morgan fingerprint density at radius 2 is 1.81 bits per heavy atom. The zero-order valence-electron chi connectivity index (χ0n) is 15.4. The molecule has 3 rings (SSSR count). The second-order valence-corrected chi connectivity index (χ2v) is 7.53. The number of nitrogens with zero attached hydrogens (tertiary/aromatic N) is 3. The van der Waals surface area contributed by atoms with Gasteiger partial charge in [0.25, 0.3) is 0 Å². The van der Waals surface area contributed by atoms with Gasteiger partial charge in [0, 0.05) is 38.9 Å². The second-order valence-electron chi connectivity index (χ2n) is 7.12. The Morgan fingerprint density at radius 1 is 1.11 bits per heavy atom. The molecule has 3 nitrogen and oxygen atoms in total. The lowest BCUT2D eigenvalue weighted by Crippen LogP contribution is -2.47. The van der Waals surface area contributed by atoms with E-state index < -0.39 is 11.9 Å². The van der Waals surface area contributed by atoms with E-state index in [0.29, 0.717) is 0 Å². The molecule has 27 heavy (non-hydrogen) atoms. The van der Waals surface area contributed by atoms with Crippen molar-refractivity contribution in [2.24, 2.45) is 0 Å². The maximum atomic E-state index is 12.6. The minimum atomic E-state index is -4.39. The third-order valence-electron chi connectivity index (χ3n) is 4.99. The van der Waals surface area contributed by atoms with E-state index in [1.807, 2.05) is 19.9 Å². The van der Waals surface area contributed by atoms with Gasteiger partial charge in [0.15, 0.2) is 0 Å². The van der Waals surface area contributed by atoms with Crippen LogP contribution in [0, 0.1) is 6.92 Å². The normalized spacial score (nSPS) is 17.2. The van der Waals surface area contributed by atoms with E-state index in [0.717, 1.165) is 60.6 Å². The highest BCUT2D eigenvalue weighted by Crippen LogP contribution is 2.29. The summed E-state index contributed by atoms with van der Waals surface area (Å²) >= 11 is 6.37. The number of halogens is 4. The first-order chi connectivity index (χ1) is 12.7. The maximum Gasteiger partial charge on any atom is 0.433 e. The summed E-state index contributed by atoms with van der Waals surface area (Å²) in [4.78, 5) is 8.18. The number of benzene rings is 1. The molecular formula is C20H23ClF3N3. The monoisotopic (exact) mass is 397 g/mol. The predicted octanol–water partition coefficient (Wildman–Crippen LogP) is 4.99. The van der Waals surface area contributed by atoms with Gasteiger partial charge in [0.1, 0.15) is 5.69 Å². The zero-order chi connectivity index (χ0) is 19.6. The van der Waals surface area contributed by atoms with Crippen LogP contribution < -0.4 is 4.90 Å². The molecule has 1 atom stereocenters. The molecule has 1 saturated heterocycles. The fourth-order valence-corrected chi connectivity index (χ4v) is 3.75. The number of aryl methyl sites for hydroxylation is 1. The summed E-state index contributed by atoms with van der Waals surface area (Å²) in [5.74, 6) is 0.120. The third-order valence-corrected chi connectivity index (χ3v) is 5.30. The Bertz CT molecular complexity index is 769. The minimum absolute atomic E-state index is 0.120. The summed E-state index contributed by atoms with van der Waals surface area (Å²) in [5, 5.41) is 0.771. The van der Waals surface area contributed by atoms with Gasteiger partial charge in [-0.15, -0.1) is 0 Å². The van der Waals surface area contributed by atoms with Crippen LogP contribution in [0.3, 0.4) is 0 Å². The molecule has 0 radical (unpaired) electrons. The van der Waals surface area contributed by atoms with Gasteiger partial charge in [-0.3, -0.25) is 9.88 Å². The van der Waals surface area contributed by atoms with Crippen molar-refractivity contribution in [1.29, 1.82) is 0 Å². The van der Waals surface area contributed by atoms with Crippen LogP contribution >= 0.6 is 11.6 Å². The maximum absolute atomic E-state index is 12.6. The quantitative estimate of drug-likeness (QED) is 0.724. The van der Waals surface area contributed by atoms with Crippen LogP contribution in [0.1, 0.15) is 29.7 Å². The molecule has 1 aliphatic heterocycles. The van der Waals surface area contributed by atoms with Crippen LogP contribution in [0.5, 0.6) is 0 Å². The van der Waals surface area contributed by atoms with E-state index in [9.17, 15) is 13.2 Å². The second kappa shape index (κ2) is 8.07. The van der Waals surface area contributed by atoms with Crippen LogP contribution in [0.25, 0.3) is 0 Å². The van der Waals surface area contributed by atoms with Gasteiger partial charge in [-0.25, -0.2) is 0 Å². The molecule has 0 amide bonds. The van der Waals surface area contributed by atoms with Crippen molar-refractivity contribution in [3.63, 3.8) is 0 Å². The smallest absolute Gasteiger partial charge is 0.368 e. The van der Waals surface area contributed by atoms with Crippen LogP contribution in [0.15, 0.2) is 36.5 Å². The Labute approximate surface area is 162 Å². The molecule has 1 unspecified atom stereocenters. The van der Waals surface area contributed by atoms with Crippen molar-refractivity contribution in [2.45, 2.75) is 25.9 Å². The average molecular weight is 398 g/mol. The van der Waals surface area contributed by atoms with E-state index in [1.54, 1.807) is 0 Å². The molecule has 2 heterocycles. The van der Waals surface area contributed by atoms with Gasteiger partial charge in [0.2, 0.25) is 0 Å². The van der Waals surface area contributed by atoms with Crippen molar-refractivity contribution >= 4 is 17.3 Å². The van der Waals surface area contributed by atoms with Gasteiger partial charge in [-0.1, -0.05) is 30.7 Å². The molecule has 7 heteroatoms. The van der Waals surface area contributed by atoms with Crippen molar-refractivity contribution in [2.75, 3.05) is 37.6 Å². The molecular weight excluding hydrogens is 375 g/mol. The minimum Gasteiger partial charge on any atom is -0.368 e. The summed E-state index contributed by atoms with van der Waals surface area (Å²) in [6, 6.07) is 8.69. The van der Waals surface area contributed by atoms with Gasteiger partial charge >= 0.3 is 6.18 Å². The van der Waals surface area contributed by atoms with Crippen molar-refractivity contribution in [3.05, 3.63) is 58.4 Å². The van der Waals surface area contributed by atoms with E-state index in [1.165, 1.54) is 12.3 Å². The molecule has 0 spiro atoms. The molecule has 1 aromatic carbocycles. The molecule has 0 bridgehead atoms. The number of anilines is 1. The third kappa shape index (κ3) is 4.93. The molecule has 1 aromatic heterocycles. The Balaban J connectivity index is 1.55. The highest BCUT2D eigenvalue weighted by molar-refractivity contribution is 6.33. The standard InChI is InChI=1S/C20H23ClF3N3/c1-14-3-5-18(17(21)11-14)27-9-7-26(8-10-27)13-15(2)16-4-6-19(25-12-16)20(22,23)24/h3-6,11-12,15H,7-10,13H2,1-2H3. The first-order valence-electron chi connectivity index (χ1n) is 9.00. The molecule has 0 N–H and O–H groups in total. The Morgan fingerprint density at radius 3 is 2.37 bits per heavy atom. The predicted molar refractivity (Wildman–Crippen MR) is 102 cm³/mol.